The Labute approximate surface area is 130 Å². The molecule has 0 atom stereocenters. The number of rotatable bonds is 3. The molecule has 3 rings (SSSR count). The highest BCUT2D eigenvalue weighted by Gasteiger charge is 2.09. The predicted octanol–water partition coefficient (Wildman–Crippen LogP) is 4.91. The Morgan fingerprint density at radius 1 is 0.818 bits per heavy atom. The zero-order valence-corrected chi connectivity index (χ0v) is 12.4. The minimum absolute atomic E-state index is 0.0907. The largest absolute Gasteiger partial charge is 0.321 e. The standard InChI is InChI=1S/C20H17NO/c1-15-8-7-11-17(14-15)20(22)21-19-13-6-5-12-18(19)16-9-3-2-4-10-16/h2-14H,1H3,(H,21,22). The van der Waals surface area contributed by atoms with Gasteiger partial charge < -0.3 is 5.32 Å². The maximum absolute atomic E-state index is 12.4. The SMILES string of the molecule is Cc1cccc(C(=O)Nc2ccccc2-c2ccccc2)c1. The molecule has 2 nitrogen and oxygen atoms in total. The van der Waals surface area contributed by atoms with Crippen LogP contribution >= 0.6 is 0 Å². The Morgan fingerprint density at radius 3 is 2.32 bits per heavy atom. The highest BCUT2D eigenvalue weighted by Crippen LogP contribution is 2.27. The van der Waals surface area contributed by atoms with E-state index in [-0.39, 0.29) is 5.91 Å². The van der Waals surface area contributed by atoms with Gasteiger partial charge in [0, 0.05) is 16.8 Å². The quantitative estimate of drug-likeness (QED) is 0.728. The van der Waals surface area contributed by atoms with E-state index >= 15 is 0 Å². The number of hydrogen-bond acceptors (Lipinski definition) is 1. The van der Waals surface area contributed by atoms with E-state index in [0.717, 1.165) is 22.4 Å². The first-order chi connectivity index (χ1) is 10.7. The van der Waals surface area contributed by atoms with Gasteiger partial charge in [0.2, 0.25) is 0 Å². The molecule has 2 heteroatoms. The lowest BCUT2D eigenvalue weighted by atomic mass is 10.0. The second kappa shape index (κ2) is 6.27. The molecule has 1 amide bonds. The molecule has 0 aliphatic rings. The van der Waals surface area contributed by atoms with Crippen molar-refractivity contribution in [3.05, 3.63) is 90.0 Å². The lowest BCUT2D eigenvalue weighted by molar-refractivity contribution is 0.102. The van der Waals surface area contributed by atoms with Crippen molar-refractivity contribution in [3.63, 3.8) is 0 Å². The van der Waals surface area contributed by atoms with E-state index < -0.39 is 0 Å². The maximum atomic E-state index is 12.4. The fourth-order valence-corrected chi connectivity index (χ4v) is 2.44. The van der Waals surface area contributed by atoms with Gasteiger partial charge in [0.25, 0.3) is 5.91 Å². The molecule has 0 fully saturated rings. The first-order valence-electron chi connectivity index (χ1n) is 7.26. The number of nitrogens with one attached hydrogen (secondary N) is 1. The number of anilines is 1. The number of aryl methyl sites for hydroxylation is 1. The molecule has 3 aromatic rings. The number of benzene rings is 3. The van der Waals surface area contributed by atoms with Crippen LogP contribution in [0.15, 0.2) is 78.9 Å². The van der Waals surface area contributed by atoms with Crippen LogP contribution < -0.4 is 5.32 Å². The van der Waals surface area contributed by atoms with Crippen molar-refractivity contribution in [1.29, 1.82) is 0 Å². The first-order valence-corrected chi connectivity index (χ1v) is 7.26. The summed E-state index contributed by atoms with van der Waals surface area (Å²) >= 11 is 0. The Hall–Kier alpha value is -2.87. The molecule has 0 aliphatic heterocycles. The van der Waals surface area contributed by atoms with Crippen molar-refractivity contribution >= 4 is 11.6 Å². The average Bonchev–Trinajstić information content (AvgIpc) is 2.56. The minimum atomic E-state index is -0.0907. The second-order valence-corrected chi connectivity index (χ2v) is 5.24. The molecule has 0 bridgehead atoms. The van der Waals surface area contributed by atoms with Gasteiger partial charge in [-0.2, -0.15) is 0 Å². The molecule has 0 heterocycles. The lowest BCUT2D eigenvalue weighted by Gasteiger charge is -2.11. The summed E-state index contributed by atoms with van der Waals surface area (Å²) in [7, 11) is 0. The second-order valence-electron chi connectivity index (χ2n) is 5.24. The molecule has 0 spiro atoms. The Balaban J connectivity index is 1.92. The van der Waals surface area contributed by atoms with Crippen LogP contribution in [0.25, 0.3) is 11.1 Å². The molecule has 0 saturated heterocycles. The molecular formula is C20H17NO. The van der Waals surface area contributed by atoms with Gasteiger partial charge in [0.1, 0.15) is 0 Å². The summed E-state index contributed by atoms with van der Waals surface area (Å²) < 4.78 is 0. The number of carbonyl (C=O) groups excluding carboxylic acids is 1. The van der Waals surface area contributed by atoms with Crippen LogP contribution in [0, 0.1) is 6.92 Å². The van der Waals surface area contributed by atoms with E-state index in [0.29, 0.717) is 5.56 Å². The zero-order valence-electron chi connectivity index (χ0n) is 12.4. The third-order valence-electron chi connectivity index (χ3n) is 3.54. The van der Waals surface area contributed by atoms with Crippen LogP contribution in [0.3, 0.4) is 0 Å². The van der Waals surface area contributed by atoms with Crippen LogP contribution in [-0.4, -0.2) is 5.91 Å². The third-order valence-corrected chi connectivity index (χ3v) is 3.54. The number of carbonyl (C=O) groups is 1. The van der Waals surface area contributed by atoms with E-state index in [1.165, 1.54) is 0 Å². The topological polar surface area (TPSA) is 29.1 Å². The van der Waals surface area contributed by atoms with Crippen molar-refractivity contribution in [2.75, 3.05) is 5.32 Å². The molecule has 0 saturated carbocycles. The molecule has 0 aliphatic carbocycles. The van der Waals surface area contributed by atoms with Gasteiger partial charge in [-0.15, -0.1) is 0 Å². The van der Waals surface area contributed by atoms with E-state index in [4.69, 9.17) is 0 Å². The normalized spacial score (nSPS) is 10.2. The summed E-state index contributed by atoms with van der Waals surface area (Å²) in [5, 5.41) is 3.01. The monoisotopic (exact) mass is 287 g/mol. The molecule has 22 heavy (non-hydrogen) atoms. The minimum Gasteiger partial charge on any atom is -0.321 e. The van der Waals surface area contributed by atoms with E-state index in [1.807, 2.05) is 85.8 Å². The Morgan fingerprint density at radius 2 is 1.55 bits per heavy atom. The number of para-hydroxylation sites is 1. The third kappa shape index (κ3) is 3.07. The van der Waals surface area contributed by atoms with Gasteiger partial charge in [0.05, 0.1) is 0 Å². The van der Waals surface area contributed by atoms with Crippen molar-refractivity contribution < 1.29 is 4.79 Å². The van der Waals surface area contributed by atoms with E-state index in [1.54, 1.807) is 0 Å². The van der Waals surface area contributed by atoms with Crippen molar-refractivity contribution in [1.82, 2.24) is 0 Å². The van der Waals surface area contributed by atoms with Gasteiger partial charge >= 0.3 is 0 Å². The van der Waals surface area contributed by atoms with Gasteiger partial charge in [0.15, 0.2) is 0 Å². The Bertz CT molecular complexity index is 794. The number of amides is 1. The van der Waals surface area contributed by atoms with E-state index in [2.05, 4.69) is 5.32 Å². The molecule has 0 unspecified atom stereocenters. The molecular weight excluding hydrogens is 270 g/mol. The predicted molar refractivity (Wildman–Crippen MR) is 91.0 cm³/mol. The van der Waals surface area contributed by atoms with Crippen molar-refractivity contribution in [3.8, 4) is 11.1 Å². The summed E-state index contributed by atoms with van der Waals surface area (Å²) in [6.45, 7) is 1.98. The molecule has 1 N–H and O–H groups in total. The summed E-state index contributed by atoms with van der Waals surface area (Å²) in [5.41, 5.74) is 4.67. The molecule has 0 radical (unpaired) electrons. The summed E-state index contributed by atoms with van der Waals surface area (Å²) in [6.07, 6.45) is 0. The van der Waals surface area contributed by atoms with E-state index in [9.17, 15) is 4.79 Å². The van der Waals surface area contributed by atoms with Crippen LogP contribution in [0.1, 0.15) is 15.9 Å². The first kappa shape index (κ1) is 14.1. The summed E-state index contributed by atoms with van der Waals surface area (Å²) in [4.78, 5) is 12.4. The summed E-state index contributed by atoms with van der Waals surface area (Å²) in [6, 6.07) is 25.5. The lowest BCUT2D eigenvalue weighted by Crippen LogP contribution is -2.12. The van der Waals surface area contributed by atoms with Crippen LogP contribution in [0.5, 0.6) is 0 Å². The van der Waals surface area contributed by atoms with Crippen molar-refractivity contribution in [2.24, 2.45) is 0 Å². The van der Waals surface area contributed by atoms with Gasteiger partial charge in [-0.1, -0.05) is 66.2 Å². The number of hydrogen-bond donors (Lipinski definition) is 1. The van der Waals surface area contributed by atoms with Gasteiger partial charge in [-0.05, 0) is 30.7 Å². The fourth-order valence-electron chi connectivity index (χ4n) is 2.44. The van der Waals surface area contributed by atoms with Gasteiger partial charge in [-0.3, -0.25) is 4.79 Å². The Kier molecular flexibility index (Phi) is 4.01. The van der Waals surface area contributed by atoms with Crippen LogP contribution in [0.4, 0.5) is 5.69 Å². The van der Waals surface area contributed by atoms with Gasteiger partial charge in [-0.25, -0.2) is 0 Å². The smallest absolute Gasteiger partial charge is 0.255 e. The average molecular weight is 287 g/mol. The summed E-state index contributed by atoms with van der Waals surface area (Å²) in [5.74, 6) is -0.0907. The highest BCUT2D eigenvalue weighted by molar-refractivity contribution is 6.06. The molecule has 0 aromatic heterocycles. The maximum Gasteiger partial charge on any atom is 0.255 e. The zero-order chi connectivity index (χ0) is 15.4. The van der Waals surface area contributed by atoms with Crippen molar-refractivity contribution in [2.45, 2.75) is 6.92 Å². The van der Waals surface area contributed by atoms with Crippen LogP contribution in [-0.2, 0) is 0 Å². The molecule has 108 valence electrons. The van der Waals surface area contributed by atoms with Crippen LogP contribution in [0.2, 0.25) is 0 Å². The molecule has 3 aromatic carbocycles. The highest BCUT2D eigenvalue weighted by atomic mass is 16.1. The fraction of sp³-hybridized carbons (Fsp3) is 0.0500.